The summed E-state index contributed by atoms with van der Waals surface area (Å²) in [5.74, 6) is 0.391. The second kappa shape index (κ2) is 8.03. The highest BCUT2D eigenvalue weighted by Crippen LogP contribution is 2.30. The van der Waals surface area contributed by atoms with Gasteiger partial charge in [0.05, 0.1) is 6.04 Å². The van der Waals surface area contributed by atoms with E-state index in [9.17, 15) is 4.79 Å². The molecule has 1 unspecified atom stereocenters. The van der Waals surface area contributed by atoms with Crippen LogP contribution in [0.3, 0.4) is 0 Å². The Kier molecular flexibility index (Phi) is 5.11. The summed E-state index contributed by atoms with van der Waals surface area (Å²) in [7, 11) is 0. The van der Waals surface area contributed by atoms with Crippen LogP contribution in [0.4, 0.5) is 0 Å². The van der Waals surface area contributed by atoms with Crippen LogP contribution in [-0.4, -0.2) is 28.9 Å². The van der Waals surface area contributed by atoms with E-state index >= 15 is 0 Å². The number of carbonyl (C=O) groups is 1. The first kappa shape index (κ1) is 18.4. The Labute approximate surface area is 172 Å². The molecule has 0 spiro atoms. The van der Waals surface area contributed by atoms with Crippen molar-refractivity contribution >= 4 is 16.8 Å². The van der Waals surface area contributed by atoms with E-state index in [0.29, 0.717) is 0 Å². The number of amides is 1. The molecule has 29 heavy (non-hydrogen) atoms. The molecule has 5 rings (SSSR count). The van der Waals surface area contributed by atoms with Crippen LogP contribution in [0.25, 0.3) is 10.9 Å². The van der Waals surface area contributed by atoms with E-state index in [1.54, 1.807) is 0 Å². The molecule has 2 aliphatic rings. The average molecular weight is 388 g/mol. The van der Waals surface area contributed by atoms with E-state index in [4.69, 9.17) is 0 Å². The first-order valence-corrected chi connectivity index (χ1v) is 10.9. The molecule has 0 bridgehead atoms. The van der Waals surface area contributed by atoms with Gasteiger partial charge in [0.1, 0.15) is 0 Å². The zero-order valence-electron chi connectivity index (χ0n) is 16.9. The van der Waals surface area contributed by atoms with Crippen LogP contribution in [0.15, 0.2) is 54.7 Å². The summed E-state index contributed by atoms with van der Waals surface area (Å²) in [6.07, 6.45) is 7.37. The van der Waals surface area contributed by atoms with Crippen molar-refractivity contribution in [1.29, 1.82) is 0 Å². The van der Waals surface area contributed by atoms with Gasteiger partial charge in [-0.3, -0.25) is 9.69 Å². The van der Waals surface area contributed by atoms with Crippen molar-refractivity contribution in [2.24, 2.45) is 5.92 Å². The first-order valence-electron chi connectivity index (χ1n) is 10.9. The van der Waals surface area contributed by atoms with Gasteiger partial charge in [-0.2, -0.15) is 0 Å². The SMILES string of the molecule is O=C(NC1CCCc2ccccc21)C1CCN(Cc2c[nH]c3ccccc23)CC1. The van der Waals surface area contributed by atoms with Crippen LogP contribution in [0.2, 0.25) is 0 Å². The molecule has 3 aromatic rings. The second-order valence-electron chi connectivity index (χ2n) is 8.56. The lowest BCUT2D eigenvalue weighted by atomic mass is 9.87. The fourth-order valence-electron chi connectivity index (χ4n) is 5.05. The van der Waals surface area contributed by atoms with E-state index in [1.807, 2.05) is 0 Å². The largest absolute Gasteiger partial charge is 0.361 e. The predicted octanol–water partition coefficient (Wildman–Crippen LogP) is 4.57. The maximum atomic E-state index is 12.9. The van der Waals surface area contributed by atoms with Crippen molar-refractivity contribution in [3.05, 3.63) is 71.4 Å². The molecule has 0 radical (unpaired) electrons. The minimum atomic E-state index is 0.142. The monoisotopic (exact) mass is 387 g/mol. The Morgan fingerprint density at radius 1 is 1.03 bits per heavy atom. The van der Waals surface area contributed by atoms with Crippen LogP contribution in [0, 0.1) is 5.92 Å². The highest BCUT2D eigenvalue weighted by atomic mass is 16.1. The molecule has 1 aromatic heterocycles. The maximum absolute atomic E-state index is 12.9. The van der Waals surface area contributed by atoms with Crippen molar-refractivity contribution in [2.45, 2.75) is 44.7 Å². The third-order valence-electron chi connectivity index (χ3n) is 6.71. The number of aromatic nitrogens is 1. The first-order chi connectivity index (χ1) is 14.3. The predicted molar refractivity (Wildman–Crippen MR) is 117 cm³/mol. The number of hydrogen-bond acceptors (Lipinski definition) is 2. The van der Waals surface area contributed by atoms with Crippen molar-refractivity contribution in [2.75, 3.05) is 13.1 Å². The Bertz CT molecular complexity index is 1000. The minimum Gasteiger partial charge on any atom is -0.361 e. The number of hydrogen-bond donors (Lipinski definition) is 2. The highest BCUT2D eigenvalue weighted by Gasteiger charge is 2.28. The molecule has 2 heterocycles. The number of aryl methyl sites for hydroxylation is 1. The quantitative estimate of drug-likeness (QED) is 0.689. The molecule has 1 aliphatic carbocycles. The summed E-state index contributed by atoms with van der Waals surface area (Å²) in [4.78, 5) is 18.8. The van der Waals surface area contributed by atoms with Crippen molar-refractivity contribution in [1.82, 2.24) is 15.2 Å². The number of rotatable bonds is 4. The number of H-pyrrole nitrogens is 1. The fourth-order valence-corrected chi connectivity index (χ4v) is 5.05. The van der Waals surface area contributed by atoms with Crippen LogP contribution < -0.4 is 5.32 Å². The molecule has 1 saturated heterocycles. The smallest absolute Gasteiger partial charge is 0.223 e. The molecule has 2 N–H and O–H groups in total. The number of aromatic amines is 1. The zero-order chi connectivity index (χ0) is 19.6. The van der Waals surface area contributed by atoms with Gasteiger partial charge in [-0.15, -0.1) is 0 Å². The summed E-state index contributed by atoms with van der Waals surface area (Å²) < 4.78 is 0. The van der Waals surface area contributed by atoms with E-state index in [-0.39, 0.29) is 17.9 Å². The number of benzene rings is 2. The molecule has 4 heteroatoms. The average Bonchev–Trinajstić information content (AvgIpc) is 3.17. The van der Waals surface area contributed by atoms with E-state index in [1.165, 1.54) is 27.6 Å². The molecule has 1 aliphatic heterocycles. The minimum absolute atomic E-state index is 0.142. The van der Waals surface area contributed by atoms with Crippen LogP contribution in [0.1, 0.15) is 48.4 Å². The lowest BCUT2D eigenvalue weighted by Crippen LogP contribution is -2.41. The lowest BCUT2D eigenvalue weighted by molar-refractivity contribution is -0.127. The molecule has 1 fully saturated rings. The summed E-state index contributed by atoms with van der Waals surface area (Å²) in [6.45, 7) is 2.92. The van der Waals surface area contributed by atoms with Crippen LogP contribution in [-0.2, 0) is 17.8 Å². The van der Waals surface area contributed by atoms with Crippen molar-refractivity contribution in [3.8, 4) is 0 Å². The normalized spacial score (nSPS) is 20.5. The molecule has 150 valence electrons. The van der Waals surface area contributed by atoms with Gasteiger partial charge >= 0.3 is 0 Å². The van der Waals surface area contributed by atoms with Gasteiger partial charge in [0.25, 0.3) is 0 Å². The summed E-state index contributed by atoms with van der Waals surface area (Å²) >= 11 is 0. The number of likely N-dealkylation sites (tertiary alicyclic amines) is 1. The molecule has 4 nitrogen and oxygen atoms in total. The Hall–Kier alpha value is -2.59. The molecular weight excluding hydrogens is 358 g/mol. The van der Waals surface area contributed by atoms with Crippen molar-refractivity contribution in [3.63, 3.8) is 0 Å². The zero-order valence-corrected chi connectivity index (χ0v) is 16.9. The summed E-state index contributed by atoms with van der Waals surface area (Å²) in [5, 5.41) is 4.68. The van der Waals surface area contributed by atoms with Gasteiger partial charge < -0.3 is 10.3 Å². The molecule has 2 aromatic carbocycles. The summed E-state index contributed by atoms with van der Waals surface area (Å²) in [6, 6.07) is 17.2. The maximum Gasteiger partial charge on any atom is 0.223 e. The Morgan fingerprint density at radius 2 is 1.83 bits per heavy atom. The van der Waals surface area contributed by atoms with Gasteiger partial charge in [-0.25, -0.2) is 0 Å². The van der Waals surface area contributed by atoms with Crippen molar-refractivity contribution < 1.29 is 4.79 Å². The van der Waals surface area contributed by atoms with Gasteiger partial charge in [0.2, 0.25) is 5.91 Å². The molecule has 0 saturated carbocycles. The van der Waals surface area contributed by atoms with Crippen LogP contribution in [0.5, 0.6) is 0 Å². The topological polar surface area (TPSA) is 48.1 Å². The van der Waals surface area contributed by atoms with Gasteiger partial charge in [0, 0.05) is 29.6 Å². The lowest BCUT2D eigenvalue weighted by Gasteiger charge is -2.33. The summed E-state index contributed by atoms with van der Waals surface area (Å²) in [5.41, 5.74) is 5.27. The number of carbonyl (C=O) groups excluding carboxylic acids is 1. The van der Waals surface area contributed by atoms with E-state index < -0.39 is 0 Å². The fraction of sp³-hybridized carbons (Fsp3) is 0.400. The Balaban J connectivity index is 1.17. The number of nitrogens with zero attached hydrogens (tertiary/aromatic N) is 1. The number of piperidine rings is 1. The van der Waals surface area contributed by atoms with Crippen LogP contribution >= 0.6 is 0 Å². The number of fused-ring (bicyclic) bond motifs is 2. The van der Waals surface area contributed by atoms with Gasteiger partial charge in [-0.1, -0.05) is 42.5 Å². The number of para-hydroxylation sites is 1. The number of nitrogens with one attached hydrogen (secondary N) is 2. The third kappa shape index (κ3) is 3.82. The van der Waals surface area contributed by atoms with E-state index in [2.05, 4.69) is 69.9 Å². The standard InChI is InChI=1S/C25H29N3O/c29-25(27-24-11-5-7-18-6-1-2-8-21(18)24)19-12-14-28(15-13-19)17-20-16-26-23-10-4-3-9-22(20)23/h1-4,6,8-10,16,19,24,26H,5,7,11-15,17H2,(H,27,29). The van der Waals surface area contributed by atoms with Gasteiger partial charge in [0.15, 0.2) is 0 Å². The highest BCUT2D eigenvalue weighted by molar-refractivity contribution is 5.83. The molecule has 1 atom stereocenters. The molecule has 1 amide bonds. The van der Waals surface area contributed by atoms with Gasteiger partial charge in [-0.05, 0) is 68.0 Å². The Morgan fingerprint density at radius 3 is 2.72 bits per heavy atom. The van der Waals surface area contributed by atoms with E-state index in [0.717, 1.165) is 51.7 Å². The second-order valence-corrected chi connectivity index (χ2v) is 8.56. The third-order valence-corrected chi connectivity index (χ3v) is 6.71. The molecular formula is C25H29N3O.